The molecule has 5 rings (SSSR count). The summed E-state index contributed by atoms with van der Waals surface area (Å²) < 4.78 is 83.6. The number of fused-ring (bicyclic) bond motifs is 1. The zero-order valence-electron chi connectivity index (χ0n) is 21.1. The summed E-state index contributed by atoms with van der Waals surface area (Å²) in [4.78, 5) is 4.19. The summed E-state index contributed by atoms with van der Waals surface area (Å²) in [6, 6.07) is 10.9. The van der Waals surface area contributed by atoms with Gasteiger partial charge in [-0.2, -0.15) is 17.6 Å². The van der Waals surface area contributed by atoms with E-state index in [-0.39, 0.29) is 45.2 Å². The first-order chi connectivity index (χ1) is 19.1. The van der Waals surface area contributed by atoms with Gasteiger partial charge in [-0.15, -0.1) is 5.10 Å². The molecule has 209 valence electrons. The van der Waals surface area contributed by atoms with Crippen LogP contribution in [0.1, 0.15) is 48.6 Å². The lowest BCUT2D eigenvalue weighted by molar-refractivity contribution is -0.122. The average Bonchev–Trinajstić information content (AvgIpc) is 3.25. The van der Waals surface area contributed by atoms with E-state index in [9.17, 15) is 17.6 Å². The number of aromatic nitrogens is 3. The van der Waals surface area contributed by atoms with Crippen molar-refractivity contribution >= 4 is 33.7 Å². The molecule has 1 saturated heterocycles. The van der Waals surface area contributed by atoms with E-state index in [2.05, 4.69) is 17.0 Å². The zero-order chi connectivity index (χ0) is 28.4. The molecule has 1 radical (unpaired) electrons. The molecule has 0 aliphatic carbocycles. The Kier molecular flexibility index (Phi) is 8.09. The number of allylic oxidation sites excluding steroid dienone is 1. The van der Waals surface area contributed by atoms with Gasteiger partial charge in [0, 0.05) is 24.4 Å². The van der Waals surface area contributed by atoms with E-state index in [1.165, 1.54) is 29.1 Å². The van der Waals surface area contributed by atoms with E-state index in [4.69, 9.17) is 21.1 Å². The number of rotatable bonds is 7. The third-order valence-corrected chi connectivity index (χ3v) is 6.90. The van der Waals surface area contributed by atoms with Crippen LogP contribution in [0.5, 0.6) is 5.88 Å². The molecule has 2 aromatic heterocycles. The molecule has 11 heteroatoms. The van der Waals surface area contributed by atoms with Crippen LogP contribution in [0.3, 0.4) is 0 Å². The van der Waals surface area contributed by atoms with Crippen molar-refractivity contribution in [2.45, 2.75) is 38.1 Å². The van der Waals surface area contributed by atoms with Gasteiger partial charge in [0.2, 0.25) is 11.8 Å². The van der Waals surface area contributed by atoms with Gasteiger partial charge >= 0.3 is 6.18 Å². The highest BCUT2D eigenvalue weighted by molar-refractivity contribution is 6.32. The molecule has 4 aromatic rings. The molecule has 0 spiro atoms. The van der Waals surface area contributed by atoms with Crippen LogP contribution in [0.2, 0.25) is 5.02 Å². The molecular formula is C29H24ClF5N3O2. The molecular weight excluding hydrogens is 553 g/mol. The lowest BCUT2D eigenvalue weighted by Crippen LogP contribution is -2.19. The summed E-state index contributed by atoms with van der Waals surface area (Å²) in [6.07, 6.45) is -2.66. The Morgan fingerprint density at radius 1 is 1.07 bits per heavy atom. The van der Waals surface area contributed by atoms with Crippen LogP contribution in [0.15, 0.2) is 54.7 Å². The van der Waals surface area contributed by atoms with Crippen molar-refractivity contribution in [3.8, 4) is 5.88 Å². The first kappa shape index (κ1) is 28.0. The van der Waals surface area contributed by atoms with Crippen molar-refractivity contribution in [2.24, 2.45) is 0 Å². The van der Waals surface area contributed by atoms with E-state index in [0.717, 1.165) is 25.0 Å². The normalized spacial score (nSPS) is 16.7. The van der Waals surface area contributed by atoms with E-state index in [0.29, 0.717) is 24.1 Å². The fourth-order valence-corrected chi connectivity index (χ4v) is 5.16. The number of alkyl halides is 3. The highest BCUT2D eigenvalue weighted by Crippen LogP contribution is 2.42. The smallest absolute Gasteiger partial charge is 0.393 e. The number of ether oxygens (including phenoxy) is 2. The van der Waals surface area contributed by atoms with Crippen LogP contribution in [0, 0.1) is 18.7 Å². The van der Waals surface area contributed by atoms with Gasteiger partial charge in [0.15, 0.2) is 6.23 Å². The first-order valence-electron chi connectivity index (χ1n) is 12.6. The third kappa shape index (κ3) is 5.97. The van der Waals surface area contributed by atoms with Gasteiger partial charge in [-0.1, -0.05) is 23.7 Å². The molecule has 1 atom stereocenters. The van der Waals surface area contributed by atoms with E-state index in [1.54, 1.807) is 18.2 Å². The van der Waals surface area contributed by atoms with Crippen molar-refractivity contribution in [1.29, 1.82) is 0 Å². The summed E-state index contributed by atoms with van der Waals surface area (Å²) >= 11 is 6.28. The van der Waals surface area contributed by atoms with E-state index in [1.807, 2.05) is 0 Å². The monoisotopic (exact) mass is 576 g/mol. The van der Waals surface area contributed by atoms with Gasteiger partial charge in [0.1, 0.15) is 5.82 Å². The second-order valence-electron chi connectivity index (χ2n) is 9.29. The second kappa shape index (κ2) is 11.5. The summed E-state index contributed by atoms with van der Waals surface area (Å²) in [5.41, 5.74) is 0.860. The molecule has 0 amide bonds. The molecule has 3 heterocycles. The van der Waals surface area contributed by atoms with Gasteiger partial charge in [-0.05, 0) is 78.8 Å². The van der Waals surface area contributed by atoms with E-state index < -0.39 is 30.6 Å². The number of hydrogen-bond acceptors (Lipinski definition) is 4. The number of halogens is 6. The fourth-order valence-electron chi connectivity index (χ4n) is 4.88. The topological polar surface area (TPSA) is 49.2 Å². The molecule has 0 bridgehead atoms. The highest BCUT2D eigenvalue weighted by Gasteiger charge is 2.33. The minimum atomic E-state index is -4.65. The van der Waals surface area contributed by atoms with Crippen molar-refractivity contribution in [2.75, 3.05) is 13.2 Å². The van der Waals surface area contributed by atoms with Crippen molar-refractivity contribution in [1.82, 2.24) is 14.8 Å². The zero-order valence-corrected chi connectivity index (χ0v) is 21.9. The van der Waals surface area contributed by atoms with Gasteiger partial charge in [0.05, 0.1) is 29.0 Å². The van der Waals surface area contributed by atoms with Gasteiger partial charge in [-0.3, -0.25) is 0 Å². The minimum absolute atomic E-state index is 0.0136. The Bertz CT molecular complexity index is 1540. The molecule has 1 fully saturated rings. The molecule has 0 N–H and O–H groups in total. The third-order valence-electron chi connectivity index (χ3n) is 6.59. The average molecular weight is 577 g/mol. The molecule has 2 aromatic carbocycles. The molecule has 0 saturated carbocycles. The molecule has 40 heavy (non-hydrogen) atoms. The Hall–Kier alpha value is -3.50. The predicted octanol–water partition coefficient (Wildman–Crippen LogP) is 8.19. The van der Waals surface area contributed by atoms with Crippen LogP contribution in [-0.4, -0.2) is 34.2 Å². The van der Waals surface area contributed by atoms with E-state index >= 15 is 4.39 Å². The van der Waals surface area contributed by atoms with Gasteiger partial charge < -0.3 is 9.47 Å². The maximum absolute atomic E-state index is 15.2. The standard InChI is InChI=1S/C29H24ClF5N3O2/c1-2-39-25-11-7-18(16-36-25)27(22(15-29(33,34)35)20-9-8-19(31)14-23(20)30)17-6-10-24-21(13-17)28(32)37-38(24)26-5-3-4-12-40-26/h6-11,13-14,16,26H,1-5,12,15H2/b27-22-. The Morgan fingerprint density at radius 3 is 2.52 bits per heavy atom. The fraction of sp³-hybridized carbons (Fsp3) is 0.276. The van der Waals surface area contributed by atoms with Crippen LogP contribution < -0.4 is 4.74 Å². The quantitative estimate of drug-likeness (QED) is 0.164. The lowest BCUT2D eigenvalue weighted by atomic mass is 9.88. The molecule has 1 aliphatic heterocycles. The lowest BCUT2D eigenvalue weighted by Gasteiger charge is -2.23. The Balaban J connectivity index is 1.75. The first-order valence-corrected chi connectivity index (χ1v) is 13.0. The maximum Gasteiger partial charge on any atom is 0.393 e. The second-order valence-corrected chi connectivity index (χ2v) is 9.70. The summed E-state index contributed by atoms with van der Waals surface area (Å²) in [7, 11) is 0. The molecule has 1 unspecified atom stereocenters. The Morgan fingerprint density at radius 2 is 1.88 bits per heavy atom. The summed E-state index contributed by atoms with van der Waals surface area (Å²) in [6.45, 7) is 4.22. The van der Waals surface area contributed by atoms with Gasteiger partial charge in [-0.25, -0.2) is 14.1 Å². The van der Waals surface area contributed by atoms with Gasteiger partial charge in [0.25, 0.3) is 0 Å². The van der Waals surface area contributed by atoms with Crippen LogP contribution in [-0.2, 0) is 4.74 Å². The highest BCUT2D eigenvalue weighted by atomic mass is 35.5. The number of benzene rings is 2. The molecule has 5 nitrogen and oxygen atoms in total. The predicted molar refractivity (Wildman–Crippen MR) is 142 cm³/mol. The van der Waals surface area contributed by atoms with Crippen LogP contribution >= 0.6 is 11.6 Å². The minimum Gasteiger partial charge on any atom is -0.478 e. The van der Waals surface area contributed by atoms with Crippen molar-refractivity contribution in [3.63, 3.8) is 0 Å². The number of nitrogens with zero attached hydrogens (tertiary/aromatic N) is 3. The van der Waals surface area contributed by atoms with Crippen molar-refractivity contribution < 1.29 is 31.4 Å². The summed E-state index contributed by atoms with van der Waals surface area (Å²) in [5.74, 6) is -1.25. The largest absolute Gasteiger partial charge is 0.478 e. The maximum atomic E-state index is 15.2. The number of pyridine rings is 1. The Labute approximate surface area is 232 Å². The van der Waals surface area contributed by atoms with Crippen LogP contribution in [0.4, 0.5) is 22.0 Å². The van der Waals surface area contributed by atoms with Crippen molar-refractivity contribution in [3.05, 3.63) is 95.1 Å². The van der Waals surface area contributed by atoms with Crippen LogP contribution in [0.25, 0.3) is 22.0 Å². The molecule has 1 aliphatic rings. The summed E-state index contributed by atoms with van der Waals surface area (Å²) in [5, 5.41) is 3.95. The SMILES string of the molecule is [CH2]COc1ccc(/C(=C(/CC(F)(F)F)c2ccc(F)cc2Cl)c2ccc3c(c2)c(F)nn3C2CCCCO2)cn1. The number of hydrogen-bond donors (Lipinski definition) is 0.